The minimum Gasteiger partial charge on any atom is -0.316 e. The summed E-state index contributed by atoms with van der Waals surface area (Å²) in [4.78, 5) is 0. The van der Waals surface area contributed by atoms with E-state index in [1.165, 1.54) is 4.31 Å². The van der Waals surface area contributed by atoms with Gasteiger partial charge in [0.2, 0.25) is 10.0 Å². The van der Waals surface area contributed by atoms with Crippen molar-refractivity contribution in [2.75, 3.05) is 29.7 Å². The molecule has 1 aromatic rings. The molecular formula is C11H15BrN2O2S. The van der Waals surface area contributed by atoms with E-state index in [1.807, 2.05) is 24.3 Å². The van der Waals surface area contributed by atoms with Gasteiger partial charge in [-0.1, -0.05) is 12.1 Å². The summed E-state index contributed by atoms with van der Waals surface area (Å²) < 4.78 is 26.7. The van der Waals surface area contributed by atoms with Gasteiger partial charge in [0.05, 0.1) is 11.4 Å². The lowest BCUT2D eigenvalue weighted by Gasteiger charge is -2.27. The van der Waals surface area contributed by atoms with Crippen LogP contribution in [0, 0.1) is 0 Å². The molecule has 1 saturated heterocycles. The summed E-state index contributed by atoms with van der Waals surface area (Å²) in [6.07, 6.45) is 0.820. The lowest BCUT2D eigenvalue weighted by molar-refractivity contribution is 0.572. The minimum absolute atomic E-state index is 0.147. The number of rotatable bonds is 1. The summed E-state index contributed by atoms with van der Waals surface area (Å²) in [5.41, 5.74) is 0.731. The number of halogens is 1. The number of hydrogen-bond donors (Lipinski definition) is 1. The van der Waals surface area contributed by atoms with Crippen molar-refractivity contribution < 1.29 is 8.42 Å². The van der Waals surface area contributed by atoms with E-state index in [0.29, 0.717) is 13.1 Å². The first kappa shape index (κ1) is 12.9. The summed E-state index contributed by atoms with van der Waals surface area (Å²) in [5, 5.41) is 3.11. The molecule has 1 aromatic carbocycles. The summed E-state index contributed by atoms with van der Waals surface area (Å²) in [7, 11) is -3.22. The fourth-order valence-electron chi connectivity index (χ4n) is 1.85. The molecule has 1 aliphatic rings. The molecule has 4 nitrogen and oxygen atoms in total. The number of para-hydroxylation sites is 1. The Morgan fingerprint density at radius 3 is 2.76 bits per heavy atom. The predicted molar refractivity (Wildman–Crippen MR) is 72.8 cm³/mol. The summed E-state index contributed by atoms with van der Waals surface area (Å²) in [6, 6.07) is 7.43. The van der Waals surface area contributed by atoms with Gasteiger partial charge in [-0.2, -0.15) is 0 Å². The first-order valence-electron chi connectivity index (χ1n) is 5.57. The average Bonchev–Trinajstić information content (AvgIpc) is 2.27. The third kappa shape index (κ3) is 3.00. The molecule has 0 atom stereocenters. The third-order valence-electron chi connectivity index (χ3n) is 2.71. The summed E-state index contributed by atoms with van der Waals surface area (Å²) in [5.74, 6) is 0.147. The maximum absolute atomic E-state index is 12.2. The van der Waals surface area contributed by atoms with Crippen molar-refractivity contribution >= 4 is 31.6 Å². The number of benzene rings is 1. The van der Waals surface area contributed by atoms with Gasteiger partial charge in [0, 0.05) is 17.6 Å². The van der Waals surface area contributed by atoms with Crippen molar-refractivity contribution in [2.24, 2.45) is 0 Å². The second-order valence-corrected chi connectivity index (χ2v) is 6.81. The Kier molecular flexibility index (Phi) is 4.06. The van der Waals surface area contributed by atoms with Crippen LogP contribution in [0.15, 0.2) is 28.7 Å². The maximum atomic E-state index is 12.2. The molecule has 0 aliphatic carbocycles. The van der Waals surface area contributed by atoms with Gasteiger partial charge in [0.25, 0.3) is 0 Å². The molecule has 6 heteroatoms. The molecule has 0 aromatic heterocycles. The number of sulfonamides is 1. The van der Waals surface area contributed by atoms with E-state index in [-0.39, 0.29) is 5.75 Å². The highest BCUT2D eigenvalue weighted by Gasteiger charge is 2.24. The van der Waals surface area contributed by atoms with Crippen LogP contribution in [0.25, 0.3) is 0 Å². The van der Waals surface area contributed by atoms with Gasteiger partial charge in [0.1, 0.15) is 0 Å². The van der Waals surface area contributed by atoms with Crippen molar-refractivity contribution in [2.45, 2.75) is 6.42 Å². The van der Waals surface area contributed by atoms with Crippen LogP contribution < -0.4 is 9.62 Å². The second kappa shape index (κ2) is 5.37. The number of nitrogens with one attached hydrogen (secondary N) is 1. The molecule has 1 N–H and O–H groups in total. The topological polar surface area (TPSA) is 49.4 Å². The molecule has 0 bridgehead atoms. The highest BCUT2D eigenvalue weighted by molar-refractivity contribution is 9.10. The third-order valence-corrected chi connectivity index (χ3v) is 5.15. The largest absolute Gasteiger partial charge is 0.316 e. The van der Waals surface area contributed by atoms with Crippen LogP contribution in [-0.2, 0) is 10.0 Å². The molecule has 0 saturated carbocycles. The molecule has 2 rings (SSSR count). The van der Waals surface area contributed by atoms with E-state index in [0.717, 1.165) is 23.1 Å². The first-order valence-corrected chi connectivity index (χ1v) is 7.97. The van der Waals surface area contributed by atoms with Gasteiger partial charge in [0.15, 0.2) is 0 Å². The van der Waals surface area contributed by atoms with E-state index in [9.17, 15) is 8.42 Å². The van der Waals surface area contributed by atoms with Crippen molar-refractivity contribution in [3.8, 4) is 0 Å². The van der Waals surface area contributed by atoms with Crippen LogP contribution in [-0.4, -0.2) is 33.8 Å². The van der Waals surface area contributed by atoms with E-state index in [2.05, 4.69) is 21.2 Å². The standard InChI is InChI=1S/C11H15BrN2O2S/c12-10-4-1-2-5-11(10)14-8-3-6-13-7-9-17(14,15)16/h1-2,4-5,13H,3,6-9H2. The lowest BCUT2D eigenvalue weighted by atomic mass is 10.3. The number of hydrogen-bond acceptors (Lipinski definition) is 3. The van der Waals surface area contributed by atoms with E-state index >= 15 is 0 Å². The van der Waals surface area contributed by atoms with Gasteiger partial charge in [-0.25, -0.2) is 8.42 Å². The van der Waals surface area contributed by atoms with E-state index in [4.69, 9.17) is 0 Å². The molecule has 0 amide bonds. The monoisotopic (exact) mass is 318 g/mol. The lowest BCUT2D eigenvalue weighted by Crippen LogP contribution is -2.41. The Bertz CT molecular complexity index is 490. The van der Waals surface area contributed by atoms with Gasteiger partial charge < -0.3 is 5.32 Å². The molecule has 1 aliphatic heterocycles. The fraction of sp³-hybridized carbons (Fsp3) is 0.455. The van der Waals surface area contributed by atoms with Crippen LogP contribution in [0.1, 0.15) is 6.42 Å². The molecular weight excluding hydrogens is 304 g/mol. The van der Waals surface area contributed by atoms with E-state index < -0.39 is 10.0 Å². The molecule has 0 radical (unpaired) electrons. The van der Waals surface area contributed by atoms with Crippen LogP contribution in [0.2, 0.25) is 0 Å². The highest BCUT2D eigenvalue weighted by Crippen LogP contribution is 2.28. The van der Waals surface area contributed by atoms with Crippen molar-refractivity contribution in [3.63, 3.8) is 0 Å². The zero-order valence-corrected chi connectivity index (χ0v) is 11.8. The van der Waals surface area contributed by atoms with Gasteiger partial charge in [-0.15, -0.1) is 0 Å². The van der Waals surface area contributed by atoms with Crippen molar-refractivity contribution in [3.05, 3.63) is 28.7 Å². The minimum atomic E-state index is -3.22. The average molecular weight is 319 g/mol. The molecule has 1 heterocycles. The molecule has 0 unspecified atom stereocenters. The molecule has 17 heavy (non-hydrogen) atoms. The van der Waals surface area contributed by atoms with E-state index in [1.54, 1.807) is 0 Å². The first-order chi connectivity index (χ1) is 8.11. The summed E-state index contributed by atoms with van der Waals surface area (Å²) >= 11 is 3.41. The molecule has 1 fully saturated rings. The van der Waals surface area contributed by atoms with Crippen molar-refractivity contribution in [1.29, 1.82) is 0 Å². The smallest absolute Gasteiger partial charge is 0.236 e. The molecule has 0 spiro atoms. The Morgan fingerprint density at radius 2 is 2.00 bits per heavy atom. The van der Waals surface area contributed by atoms with Crippen molar-refractivity contribution in [1.82, 2.24) is 5.32 Å². The highest BCUT2D eigenvalue weighted by atomic mass is 79.9. The van der Waals surface area contributed by atoms with Crippen LogP contribution in [0.4, 0.5) is 5.69 Å². The van der Waals surface area contributed by atoms with Gasteiger partial charge in [-0.05, 0) is 41.0 Å². The van der Waals surface area contributed by atoms with Crippen LogP contribution >= 0.6 is 15.9 Å². The Morgan fingerprint density at radius 1 is 1.24 bits per heavy atom. The van der Waals surface area contributed by atoms with Crippen LogP contribution in [0.3, 0.4) is 0 Å². The summed E-state index contributed by atoms with van der Waals surface area (Å²) in [6.45, 7) is 1.90. The quantitative estimate of drug-likeness (QED) is 0.855. The predicted octanol–water partition coefficient (Wildman–Crippen LogP) is 1.58. The molecule has 94 valence electrons. The fourth-order valence-corrected chi connectivity index (χ4v) is 3.95. The van der Waals surface area contributed by atoms with Crippen LogP contribution in [0.5, 0.6) is 0 Å². The SMILES string of the molecule is O=S1(=O)CCNCCCN1c1ccccc1Br. The Labute approximate surface area is 110 Å². The number of nitrogens with zero attached hydrogens (tertiary/aromatic N) is 1. The van der Waals surface area contributed by atoms with Gasteiger partial charge in [-0.3, -0.25) is 4.31 Å². The Hall–Kier alpha value is -0.590. The second-order valence-electron chi connectivity index (χ2n) is 3.94. The zero-order valence-electron chi connectivity index (χ0n) is 9.39. The van der Waals surface area contributed by atoms with Gasteiger partial charge >= 0.3 is 0 Å². The maximum Gasteiger partial charge on any atom is 0.236 e. The zero-order chi connectivity index (χ0) is 12.3. The number of anilines is 1. The Balaban J connectivity index is 2.36. The normalized spacial score (nSPS) is 20.6.